The molecule has 1 saturated carbocycles. The SMILES string of the molecule is CCOc1ccc(OC(=O)C(C2CC2)C(C#N)c2c(F)c(F)cc(F)c2F)cc1. The van der Waals surface area contributed by atoms with Crippen molar-refractivity contribution in [3.05, 3.63) is 59.2 Å². The van der Waals surface area contributed by atoms with Crippen LogP contribution in [0.25, 0.3) is 0 Å². The highest BCUT2D eigenvalue weighted by Gasteiger charge is 2.46. The van der Waals surface area contributed by atoms with Gasteiger partial charge in [-0.2, -0.15) is 5.26 Å². The Hall–Kier alpha value is -3.08. The fourth-order valence-electron chi connectivity index (χ4n) is 3.20. The molecule has 0 amide bonds. The minimum Gasteiger partial charge on any atom is -0.494 e. The fourth-order valence-corrected chi connectivity index (χ4v) is 3.20. The van der Waals surface area contributed by atoms with Crippen LogP contribution in [-0.2, 0) is 4.79 Å². The zero-order chi connectivity index (χ0) is 21.1. The number of nitrogens with zero attached hydrogens (tertiary/aromatic N) is 1. The van der Waals surface area contributed by atoms with E-state index in [9.17, 15) is 27.6 Å². The van der Waals surface area contributed by atoms with E-state index in [4.69, 9.17) is 9.47 Å². The summed E-state index contributed by atoms with van der Waals surface area (Å²) in [6.45, 7) is 2.26. The quantitative estimate of drug-likeness (QED) is 0.284. The molecule has 1 aliphatic rings. The molecule has 0 aromatic heterocycles. The van der Waals surface area contributed by atoms with E-state index in [2.05, 4.69) is 0 Å². The van der Waals surface area contributed by atoms with E-state index in [-0.39, 0.29) is 17.7 Å². The lowest BCUT2D eigenvalue weighted by molar-refractivity contribution is -0.140. The van der Waals surface area contributed by atoms with Gasteiger partial charge in [-0.1, -0.05) is 0 Å². The molecule has 0 spiro atoms. The molecule has 3 rings (SSSR count). The molecular weight excluding hydrogens is 390 g/mol. The number of nitriles is 1. The first kappa shape index (κ1) is 20.6. The van der Waals surface area contributed by atoms with Gasteiger partial charge < -0.3 is 9.47 Å². The lowest BCUT2D eigenvalue weighted by Crippen LogP contribution is -2.29. The molecule has 0 aliphatic heterocycles. The number of esters is 1. The van der Waals surface area contributed by atoms with Crippen molar-refractivity contribution < 1.29 is 31.8 Å². The van der Waals surface area contributed by atoms with Crippen LogP contribution in [0.4, 0.5) is 17.6 Å². The number of carbonyl (C=O) groups is 1. The number of benzene rings is 2. The highest BCUT2D eigenvalue weighted by molar-refractivity contribution is 5.77. The highest BCUT2D eigenvalue weighted by atomic mass is 19.2. The minimum absolute atomic E-state index is 0.0625. The first-order valence-corrected chi connectivity index (χ1v) is 9.04. The second-order valence-electron chi connectivity index (χ2n) is 6.68. The van der Waals surface area contributed by atoms with Crippen LogP contribution in [-0.4, -0.2) is 12.6 Å². The number of carbonyl (C=O) groups excluding carboxylic acids is 1. The van der Waals surface area contributed by atoms with E-state index < -0.39 is 46.6 Å². The molecule has 8 heteroatoms. The molecule has 2 unspecified atom stereocenters. The number of hydrogen-bond donors (Lipinski definition) is 0. The largest absolute Gasteiger partial charge is 0.494 e. The third-order valence-corrected chi connectivity index (χ3v) is 4.71. The molecule has 2 aromatic rings. The van der Waals surface area contributed by atoms with E-state index in [1.165, 1.54) is 12.1 Å². The summed E-state index contributed by atoms with van der Waals surface area (Å²) in [7, 11) is 0. The van der Waals surface area contributed by atoms with Gasteiger partial charge in [0.15, 0.2) is 23.3 Å². The number of ether oxygens (including phenoxy) is 2. The molecule has 4 nitrogen and oxygen atoms in total. The summed E-state index contributed by atoms with van der Waals surface area (Å²) >= 11 is 0. The summed E-state index contributed by atoms with van der Waals surface area (Å²) in [6, 6.07) is 7.78. The number of hydrogen-bond acceptors (Lipinski definition) is 4. The van der Waals surface area contributed by atoms with Crippen LogP contribution < -0.4 is 9.47 Å². The summed E-state index contributed by atoms with van der Waals surface area (Å²) < 4.78 is 66.3. The van der Waals surface area contributed by atoms with E-state index in [0.29, 0.717) is 25.2 Å². The van der Waals surface area contributed by atoms with Crippen molar-refractivity contribution in [3.8, 4) is 17.6 Å². The Morgan fingerprint density at radius 3 is 2.14 bits per heavy atom. The van der Waals surface area contributed by atoms with Gasteiger partial charge >= 0.3 is 5.97 Å². The normalized spacial score (nSPS) is 15.3. The second kappa shape index (κ2) is 8.52. The average molecular weight is 407 g/mol. The van der Waals surface area contributed by atoms with Gasteiger partial charge in [0.2, 0.25) is 0 Å². The van der Waals surface area contributed by atoms with E-state index in [1.807, 2.05) is 6.92 Å². The molecule has 0 N–H and O–H groups in total. The van der Waals surface area contributed by atoms with E-state index >= 15 is 0 Å². The highest BCUT2D eigenvalue weighted by Crippen LogP contribution is 2.46. The number of halogens is 4. The summed E-state index contributed by atoms with van der Waals surface area (Å²) in [5.74, 6) is -10.2. The van der Waals surface area contributed by atoms with Crippen molar-refractivity contribution in [2.75, 3.05) is 6.61 Å². The van der Waals surface area contributed by atoms with Crippen molar-refractivity contribution in [2.45, 2.75) is 25.7 Å². The lowest BCUT2D eigenvalue weighted by Gasteiger charge is -2.21. The Morgan fingerprint density at radius 2 is 1.66 bits per heavy atom. The molecule has 0 radical (unpaired) electrons. The predicted octanol–water partition coefficient (Wildman–Crippen LogP) is 4.88. The van der Waals surface area contributed by atoms with Gasteiger partial charge in [0, 0.05) is 11.6 Å². The van der Waals surface area contributed by atoms with Crippen molar-refractivity contribution in [2.24, 2.45) is 11.8 Å². The zero-order valence-electron chi connectivity index (χ0n) is 15.4. The Kier molecular flexibility index (Phi) is 6.06. The van der Waals surface area contributed by atoms with Crippen LogP contribution >= 0.6 is 0 Å². The smallest absolute Gasteiger partial charge is 0.316 e. The van der Waals surface area contributed by atoms with Gasteiger partial charge in [-0.25, -0.2) is 17.6 Å². The molecule has 0 bridgehead atoms. The molecule has 0 heterocycles. The summed E-state index contributed by atoms with van der Waals surface area (Å²) in [4.78, 5) is 12.7. The van der Waals surface area contributed by atoms with Gasteiger partial charge in [0.1, 0.15) is 11.5 Å². The second-order valence-corrected chi connectivity index (χ2v) is 6.68. The first-order valence-electron chi connectivity index (χ1n) is 9.04. The molecule has 152 valence electrons. The monoisotopic (exact) mass is 407 g/mol. The van der Waals surface area contributed by atoms with Crippen LogP contribution in [0.3, 0.4) is 0 Å². The molecule has 29 heavy (non-hydrogen) atoms. The summed E-state index contributed by atoms with van der Waals surface area (Å²) in [6.07, 6.45) is 1.06. The number of rotatable bonds is 7. The van der Waals surface area contributed by atoms with Crippen molar-refractivity contribution in [3.63, 3.8) is 0 Å². The van der Waals surface area contributed by atoms with Gasteiger partial charge in [0.05, 0.1) is 24.5 Å². The lowest BCUT2D eigenvalue weighted by atomic mass is 9.83. The Balaban J connectivity index is 1.91. The summed E-state index contributed by atoms with van der Waals surface area (Å²) in [5.41, 5.74) is -1.09. The molecule has 1 fully saturated rings. The van der Waals surface area contributed by atoms with E-state index in [0.717, 1.165) is 0 Å². The molecule has 0 saturated heterocycles. The zero-order valence-corrected chi connectivity index (χ0v) is 15.4. The van der Waals surface area contributed by atoms with Crippen LogP contribution in [0.5, 0.6) is 11.5 Å². The Bertz CT molecular complexity index is 926. The molecule has 2 atom stereocenters. The third-order valence-electron chi connectivity index (χ3n) is 4.71. The Labute approximate surface area is 164 Å². The van der Waals surface area contributed by atoms with Crippen molar-refractivity contribution >= 4 is 5.97 Å². The topological polar surface area (TPSA) is 59.3 Å². The van der Waals surface area contributed by atoms with Crippen LogP contribution in [0.2, 0.25) is 0 Å². The van der Waals surface area contributed by atoms with E-state index in [1.54, 1.807) is 18.2 Å². The minimum atomic E-state index is -1.73. The fraction of sp³-hybridized carbons (Fsp3) is 0.333. The average Bonchev–Trinajstić information content (AvgIpc) is 3.52. The first-order chi connectivity index (χ1) is 13.9. The maximum Gasteiger partial charge on any atom is 0.316 e. The maximum absolute atomic E-state index is 14.2. The van der Waals surface area contributed by atoms with Gasteiger partial charge in [-0.15, -0.1) is 0 Å². The summed E-state index contributed by atoms with van der Waals surface area (Å²) in [5, 5.41) is 9.52. The van der Waals surface area contributed by atoms with Crippen molar-refractivity contribution in [1.29, 1.82) is 5.26 Å². The Morgan fingerprint density at radius 1 is 1.10 bits per heavy atom. The standard InChI is InChI=1S/C21H17F4NO3/c1-2-28-12-5-7-13(8-6-12)29-21(27)17(11-3-4-11)14(10-26)18-19(24)15(22)9-16(23)20(18)25/h5-9,11,14,17H,2-4H2,1H3. The van der Waals surface area contributed by atoms with Gasteiger partial charge in [0.25, 0.3) is 0 Å². The van der Waals surface area contributed by atoms with Crippen molar-refractivity contribution in [1.82, 2.24) is 0 Å². The maximum atomic E-state index is 14.2. The van der Waals surface area contributed by atoms with Gasteiger partial charge in [-0.3, -0.25) is 4.79 Å². The molecule has 1 aliphatic carbocycles. The predicted molar refractivity (Wildman–Crippen MR) is 94.1 cm³/mol. The molecular formula is C21H17F4NO3. The van der Waals surface area contributed by atoms with Crippen LogP contribution in [0.1, 0.15) is 31.2 Å². The van der Waals surface area contributed by atoms with Crippen LogP contribution in [0, 0.1) is 46.4 Å². The third kappa shape index (κ3) is 4.34. The molecule has 2 aromatic carbocycles. The van der Waals surface area contributed by atoms with Crippen LogP contribution in [0.15, 0.2) is 30.3 Å². The van der Waals surface area contributed by atoms with Gasteiger partial charge in [-0.05, 0) is 49.9 Å².